The number of methoxy groups -OCH3 is 1. The number of nitrogens with zero attached hydrogens (tertiary/aromatic N) is 2. The molecule has 0 N–H and O–H groups in total. The standard InChI is InChI=1S/C50H78N2O6SSi2/c1-35(2)60(36(3)4,37(5)6)58-48-32-52(50(53)57-33-41-18-15-14-16-19-41)31-47(56-34-42-20-25-46-45(30-42)51(27-29-55-46)26-17-28-54-13)49(48)43-21-23-44(24-22-43)59-61(38(7)8,39(9)10)40(11)12/h14-16,18-25,30,35-40,47-49H,17,26-29,31-34H2,1-13H3/t47-,48+,49+/m0/s1. The van der Waals surface area contributed by atoms with E-state index in [0.29, 0.717) is 59.6 Å². The zero-order valence-corrected chi connectivity index (χ0v) is 42.6. The zero-order valence-electron chi connectivity index (χ0n) is 39.7. The summed E-state index contributed by atoms with van der Waals surface area (Å²) in [7, 11) is -2.42. The predicted molar refractivity (Wildman–Crippen MR) is 259 cm³/mol. The van der Waals surface area contributed by atoms with Crippen LogP contribution in [0.4, 0.5) is 10.5 Å². The van der Waals surface area contributed by atoms with E-state index in [2.05, 4.69) is 142 Å². The number of amides is 1. The van der Waals surface area contributed by atoms with E-state index in [4.69, 9.17) is 23.4 Å². The van der Waals surface area contributed by atoms with Crippen LogP contribution in [0, 0.1) is 0 Å². The highest BCUT2D eigenvalue weighted by Crippen LogP contribution is 2.52. The monoisotopic (exact) mass is 891 g/mol. The number of hydrogen-bond donors (Lipinski definition) is 0. The van der Waals surface area contributed by atoms with Gasteiger partial charge >= 0.3 is 6.09 Å². The molecule has 338 valence electrons. The quantitative estimate of drug-likeness (QED) is 0.0821. The van der Waals surface area contributed by atoms with Gasteiger partial charge in [0.15, 0.2) is 0 Å². The number of carbonyl (C=O) groups is 1. The summed E-state index contributed by atoms with van der Waals surface area (Å²) in [4.78, 5) is 19.8. The molecule has 2 aliphatic rings. The molecule has 0 saturated carbocycles. The van der Waals surface area contributed by atoms with Gasteiger partial charge in [0.2, 0.25) is 8.32 Å². The van der Waals surface area contributed by atoms with Crippen LogP contribution in [-0.4, -0.2) is 85.2 Å². The molecule has 3 aromatic carbocycles. The van der Waals surface area contributed by atoms with Gasteiger partial charge in [0.25, 0.3) is 0 Å². The Bertz CT molecular complexity index is 1760. The Morgan fingerprint density at radius 3 is 1.97 bits per heavy atom. The molecule has 3 aromatic rings. The maximum Gasteiger partial charge on any atom is 0.410 e. The van der Waals surface area contributed by atoms with Crippen molar-refractivity contribution in [3.05, 3.63) is 89.5 Å². The van der Waals surface area contributed by atoms with Gasteiger partial charge in [-0.25, -0.2) is 4.79 Å². The summed E-state index contributed by atoms with van der Waals surface area (Å²) in [6.07, 6.45) is -0.0276. The molecule has 8 nitrogen and oxygen atoms in total. The highest BCUT2D eigenvalue weighted by molar-refractivity contribution is 8.29. The Kier molecular flexibility index (Phi) is 17.9. The fraction of sp³-hybridized carbons (Fsp3) is 0.620. The molecule has 0 aromatic heterocycles. The summed E-state index contributed by atoms with van der Waals surface area (Å²) in [5.41, 5.74) is 7.38. The second-order valence-electron chi connectivity index (χ2n) is 19.3. The minimum absolute atomic E-state index is 0.103. The zero-order chi connectivity index (χ0) is 44.5. The van der Waals surface area contributed by atoms with E-state index in [9.17, 15) is 4.79 Å². The third-order valence-corrected chi connectivity index (χ3v) is 32.0. The first-order chi connectivity index (χ1) is 29.0. The number of likely N-dealkylation sites (tertiary alicyclic amines) is 1. The van der Waals surface area contributed by atoms with Crippen molar-refractivity contribution >= 4 is 38.5 Å². The van der Waals surface area contributed by atoms with Crippen LogP contribution in [0.15, 0.2) is 77.7 Å². The van der Waals surface area contributed by atoms with Crippen LogP contribution >= 0.6 is 11.2 Å². The van der Waals surface area contributed by atoms with Crippen LogP contribution in [0.3, 0.4) is 0 Å². The van der Waals surface area contributed by atoms with Gasteiger partial charge in [-0.05, 0) is 80.6 Å². The van der Waals surface area contributed by atoms with Crippen molar-refractivity contribution in [2.75, 3.05) is 51.4 Å². The lowest BCUT2D eigenvalue weighted by Gasteiger charge is -2.50. The summed E-state index contributed by atoms with van der Waals surface area (Å²) in [6, 6.07) is 25.7. The number of piperidine rings is 1. The number of fused-ring (bicyclic) bond motifs is 1. The molecule has 3 atom stereocenters. The maximum atomic E-state index is 14.2. The minimum atomic E-state index is -2.42. The third-order valence-electron chi connectivity index (χ3n) is 13.6. The smallest absolute Gasteiger partial charge is 0.410 e. The van der Waals surface area contributed by atoms with Gasteiger partial charge in [-0.1, -0.05) is 132 Å². The van der Waals surface area contributed by atoms with Gasteiger partial charge in [0.05, 0.1) is 37.6 Å². The highest BCUT2D eigenvalue weighted by Gasteiger charge is 2.51. The number of rotatable bonds is 20. The normalized spacial score (nSPS) is 18.8. The van der Waals surface area contributed by atoms with Crippen LogP contribution in [0.1, 0.15) is 112 Å². The van der Waals surface area contributed by atoms with Crippen molar-refractivity contribution in [2.24, 2.45) is 0 Å². The Balaban J connectivity index is 1.55. The van der Waals surface area contributed by atoms with Crippen LogP contribution in [0.2, 0.25) is 33.2 Å². The molecule has 61 heavy (non-hydrogen) atoms. The van der Waals surface area contributed by atoms with Crippen LogP contribution in [-0.2, 0) is 31.9 Å². The van der Waals surface area contributed by atoms with Gasteiger partial charge in [0.1, 0.15) is 26.2 Å². The van der Waals surface area contributed by atoms with Crippen molar-refractivity contribution in [2.45, 2.75) is 159 Å². The van der Waals surface area contributed by atoms with Crippen molar-refractivity contribution in [3.8, 4) is 5.75 Å². The number of hydrogen-bond acceptors (Lipinski definition) is 8. The fourth-order valence-corrected chi connectivity index (χ4v) is 25.6. The number of benzene rings is 3. The molecule has 1 saturated heterocycles. The minimum Gasteiger partial charge on any atom is -0.490 e. The number of carbonyl (C=O) groups excluding carboxylic acids is 1. The number of ether oxygens (including phenoxy) is 4. The lowest BCUT2D eigenvalue weighted by atomic mass is 9.84. The molecule has 0 bridgehead atoms. The van der Waals surface area contributed by atoms with Crippen LogP contribution in [0.5, 0.6) is 5.75 Å². The molecule has 0 aliphatic carbocycles. The first kappa shape index (κ1) is 49.2. The van der Waals surface area contributed by atoms with E-state index < -0.39 is 15.5 Å². The highest BCUT2D eigenvalue weighted by atomic mass is 32.4. The molecule has 11 heteroatoms. The summed E-state index contributed by atoms with van der Waals surface area (Å²) < 4.78 is 32.4. The van der Waals surface area contributed by atoms with Crippen molar-refractivity contribution < 1.29 is 28.2 Å². The maximum absolute atomic E-state index is 14.2. The molecular formula is C50H78N2O6SSi2. The summed E-state index contributed by atoms with van der Waals surface area (Å²) in [6.45, 7) is 33.1. The largest absolute Gasteiger partial charge is 0.490 e. The van der Waals surface area contributed by atoms with E-state index >= 15 is 0 Å². The Morgan fingerprint density at radius 2 is 1.38 bits per heavy atom. The molecule has 5 rings (SSSR count). The summed E-state index contributed by atoms with van der Waals surface area (Å²) in [5, 5.41) is 0. The first-order valence-electron chi connectivity index (χ1n) is 23.1. The van der Waals surface area contributed by atoms with Crippen molar-refractivity contribution in [1.82, 2.24) is 4.90 Å². The molecular weight excluding hydrogens is 813 g/mol. The molecule has 0 spiro atoms. The average Bonchev–Trinajstić information content (AvgIpc) is 3.22. The lowest BCUT2D eigenvalue weighted by Crippen LogP contribution is -2.59. The van der Waals surface area contributed by atoms with Crippen molar-refractivity contribution in [3.63, 3.8) is 0 Å². The van der Waals surface area contributed by atoms with Gasteiger partial charge in [-0.2, -0.15) is 11.2 Å². The van der Waals surface area contributed by atoms with E-state index in [0.717, 1.165) is 48.7 Å². The number of anilines is 1. The second kappa shape index (κ2) is 22.2. The van der Waals surface area contributed by atoms with Gasteiger partial charge in [-0.15, -0.1) is 0 Å². The molecule has 1 amide bonds. The van der Waals surface area contributed by atoms with Gasteiger partial charge < -0.3 is 33.2 Å². The van der Waals surface area contributed by atoms with E-state index in [1.807, 2.05) is 35.2 Å². The molecule has 0 unspecified atom stereocenters. The van der Waals surface area contributed by atoms with Gasteiger partial charge in [0, 0.05) is 37.6 Å². The molecule has 2 aliphatic heterocycles. The van der Waals surface area contributed by atoms with Gasteiger partial charge in [-0.3, -0.25) is 0 Å². The molecule has 2 heterocycles. The van der Waals surface area contributed by atoms with Crippen LogP contribution < -0.4 is 9.64 Å². The fourth-order valence-electron chi connectivity index (χ4n) is 10.9. The Labute approximate surface area is 375 Å². The summed E-state index contributed by atoms with van der Waals surface area (Å²) in [5.74, 6) is 0.799. The summed E-state index contributed by atoms with van der Waals surface area (Å²) >= 11 is 2.16. The van der Waals surface area contributed by atoms with Crippen molar-refractivity contribution in [1.29, 1.82) is 0 Å². The van der Waals surface area contributed by atoms with E-state index in [1.54, 1.807) is 7.11 Å². The Morgan fingerprint density at radius 1 is 0.754 bits per heavy atom. The van der Waals surface area contributed by atoms with E-state index in [1.165, 1.54) is 10.5 Å². The first-order valence-corrected chi connectivity index (χ1v) is 29.0. The van der Waals surface area contributed by atoms with E-state index in [-0.39, 0.29) is 30.8 Å². The predicted octanol–water partition coefficient (Wildman–Crippen LogP) is 13.1. The Hall–Kier alpha value is -2.81. The third kappa shape index (κ3) is 11.5. The topological polar surface area (TPSA) is 69.7 Å². The molecule has 0 radical (unpaired) electrons. The lowest BCUT2D eigenvalue weighted by molar-refractivity contribution is -0.0663. The SMILES string of the molecule is COCCCN1CCOc2ccc(CO[C@H]3CN(C(=O)OCc4ccccc4)C[C@@H](O[Si](C(C)C)(C(C)C)C(C)C)[C@@H]3c3ccc(S[Si](C(C)C)(C(C)C)C(C)C)cc3)cc21. The average molecular weight is 891 g/mol. The second-order valence-corrected chi connectivity index (χ2v) is 33.3. The molecule has 1 fully saturated rings. The van der Waals surface area contributed by atoms with Crippen LogP contribution in [0.25, 0.3) is 0 Å².